The molecule has 2 aromatic rings. The second-order valence-electron chi connectivity index (χ2n) is 4.49. The third-order valence-electron chi connectivity index (χ3n) is 3.01. The zero-order chi connectivity index (χ0) is 14.4. The molecule has 0 saturated heterocycles. The molecule has 0 fully saturated rings. The summed E-state index contributed by atoms with van der Waals surface area (Å²) < 4.78 is 36.4. The summed E-state index contributed by atoms with van der Waals surface area (Å²) in [5, 5.41) is 0. The van der Waals surface area contributed by atoms with Gasteiger partial charge in [-0.15, -0.1) is 0 Å². The average molecular weight is 298 g/mol. The van der Waals surface area contributed by atoms with Crippen LogP contribution in [0.4, 0.5) is 0 Å². The topological polar surface area (TPSA) is 66.4 Å². The summed E-state index contributed by atoms with van der Waals surface area (Å²) in [4.78, 5) is 0. The van der Waals surface area contributed by atoms with Crippen LogP contribution in [0.2, 0.25) is 0 Å². The van der Waals surface area contributed by atoms with Gasteiger partial charge in [0, 0.05) is 5.92 Å². The molecular weight excluding hydrogens is 283 g/mol. The van der Waals surface area contributed by atoms with E-state index in [0.29, 0.717) is 6.42 Å². The first kappa shape index (κ1) is 18.0. The molecule has 0 amide bonds. The molecule has 0 aromatic heterocycles. The van der Waals surface area contributed by atoms with Gasteiger partial charge in [-0.3, -0.25) is 4.18 Å². The van der Waals surface area contributed by atoms with Crippen molar-refractivity contribution >= 4 is 10.4 Å². The van der Waals surface area contributed by atoms with Gasteiger partial charge in [-0.05, 0) is 17.5 Å². The molecule has 1 unspecified atom stereocenters. The molecular formula is C15H15LiO4S. The molecule has 0 aliphatic rings. The van der Waals surface area contributed by atoms with Crippen LogP contribution in [0.5, 0.6) is 0 Å². The molecule has 0 aliphatic carbocycles. The first-order chi connectivity index (χ1) is 9.54. The standard InChI is InChI=1S/C15H16O4S.Li/c16-20(17,18)19-12-15(14-9-5-2-6-10-14)11-13-7-3-1-4-8-13;/h1-10,15H,11-12H2,(H,16,17,18);/q;+1/p-1. The van der Waals surface area contributed by atoms with Crippen molar-refractivity contribution in [2.75, 3.05) is 6.61 Å². The Morgan fingerprint density at radius 3 is 2.00 bits per heavy atom. The Kier molecular flexibility index (Phi) is 7.16. The predicted octanol–water partition coefficient (Wildman–Crippen LogP) is -0.506. The van der Waals surface area contributed by atoms with Gasteiger partial charge in [0.05, 0.1) is 6.61 Å². The van der Waals surface area contributed by atoms with E-state index in [-0.39, 0.29) is 31.4 Å². The fraction of sp³-hybridized carbons (Fsp3) is 0.200. The fourth-order valence-electron chi connectivity index (χ4n) is 2.06. The molecule has 0 aliphatic heterocycles. The Morgan fingerprint density at radius 2 is 1.48 bits per heavy atom. The van der Waals surface area contributed by atoms with Crippen LogP contribution in [0.15, 0.2) is 60.7 Å². The average Bonchev–Trinajstić information content (AvgIpc) is 2.44. The van der Waals surface area contributed by atoms with E-state index in [4.69, 9.17) is 0 Å². The molecule has 0 N–H and O–H groups in total. The van der Waals surface area contributed by atoms with Crippen molar-refractivity contribution in [3.63, 3.8) is 0 Å². The second-order valence-corrected chi connectivity index (χ2v) is 5.54. The Labute approximate surface area is 137 Å². The summed E-state index contributed by atoms with van der Waals surface area (Å²) in [6, 6.07) is 19.1. The van der Waals surface area contributed by atoms with Gasteiger partial charge in [-0.1, -0.05) is 60.7 Å². The van der Waals surface area contributed by atoms with Crippen molar-refractivity contribution in [2.24, 2.45) is 0 Å². The minimum Gasteiger partial charge on any atom is -0.726 e. The second kappa shape index (κ2) is 8.37. The van der Waals surface area contributed by atoms with Crippen LogP contribution in [-0.4, -0.2) is 19.6 Å². The smallest absolute Gasteiger partial charge is 0.726 e. The Balaban J connectivity index is 0.00000220. The molecule has 106 valence electrons. The van der Waals surface area contributed by atoms with E-state index in [1.807, 2.05) is 60.7 Å². The van der Waals surface area contributed by atoms with Gasteiger partial charge in [0.2, 0.25) is 10.4 Å². The molecule has 2 rings (SSSR count). The SMILES string of the molecule is O=S(=O)([O-])OCC(Cc1ccccc1)c1ccccc1.[Li+]. The quantitative estimate of drug-likeness (QED) is 0.409. The summed E-state index contributed by atoms with van der Waals surface area (Å²) in [5.41, 5.74) is 2.01. The Hall–Kier alpha value is -1.09. The summed E-state index contributed by atoms with van der Waals surface area (Å²) >= 11 is 0. The zero-order valence-corrected chi connectivity index (χ0v) is 12.6. The predicted molar refractivity (Wildman–Crippen MR) is 75.0 cm³/mol. The van der Waals surface area contributed by atoms with Crippen LogP contribution >= 0.6 is 0 Å². The van der Waals surface area contributed by atoms with Crippen molar-refractivity contribution in [1.29, 1.82) is 0 Å². The molecule has 0 spiro atoms. The Bertz CT molecular complexity index is 629. The largest absolute Gasteiger partial charge is 1.00 e. The maximum absolute atomic E-state index is 10.6. The van der Waals surface area contributed by atoms with Crippen LogP contribution in [0.25, 0.3) is 0 Å². The van der Waals surface area contributed by atoms with Crippen LogP contribution in [-0.2, 0) is 21.0 Å². The van der Waals surface area contributed by atoms with Gasteiger partial charge in [0.1, 0.15) is 0 Å². The molecule has 6 heteroatoms. The van der Waals surface area contributed by atoms with E-state index in [9.17, 15) is 13.0 Å². The molecule has 0 bridgehead atoms. The molecule has 1 atom stereocenters. The van der Waals surface area contributed by atoms with Crippen molar-refractivity contribution in [2.45, 2.75) is 12.3 Å². The zero-order valence-electron chi connectivity index (χ0n) is 11.8. The summed E-state index contributed by atoms with van der Waals surface area (Å²) in [6.45, 7) is -0.148. The van der Waals surface area contributed by atoms with E-state index in [1.165, 1.54) is 0 Å². The fourth-order valence-corrected chi connectivity index (χ4v) is 2.39. The summed E-state index contributed by atoms with van der Waals surface area (Å²) in [6.07, 6.45) is 0.611. The monoisotopic (exact) mass is 298 g/mol. The molecule has 0 radical (unpaired) electrons. The minimum atomic E-state index is -4.67. The van der Waals surface area contributed by atoms with Gasteiger partial charge in [0.15, 0.2) is 0 Å². The maximum atomic E-state index is 10.6. The van der Waals surface area contributed by atoms with E-state index in [0.717, 1.165) is 11.1 Å². The number of benzene rings is 2. The molecule has 4 nitrogen and oxygen atoms in total. The van der Waals surface area contributed by atoms with Crippen LogP contribution in [0.3, 0.4) is 0 Å². The van der Waals surface area contributed by atoms with Gasteiger partial charge >= 0.3 is 18.9 Å². The van der Waals surface area contributed by atoms with E-state index < -0.39 is 10.4 Å². The Morgan fingerprint density at radius 1 is 0.952 bits per heavy atom. The van der Waals surface area contributed by atoms with Crippen LogP contribution in [0.1, 0.15) is 17.0 Å². The third kappa shape index (κ3) is 6.47. The van der Waals surface area contributed by atoms with Crippen molar-refractivity contribution in [3.05, 3.63) is 71.8 Å². The molecule has 0 heterocycles. The molecule has 21 heavy (non-hydrogen) atoms. The van der Waals surface area contributed by atoms with Gasteiger partial charge in [-0.25, -0.2) is 8.42 Å². The first-order valence-electron chi connectivity index (χ1n) is 6.24. The van der Waals surface area contributed by atoms with Gasteiger partial charge in [-0.2, -0.15) is 0 Å². The van der Waals surface area contributed by atoms with E-state index in [2.05, 4.69) is 4.18 Å². The normalized spacial score (nSPS) is 12.4. The van der Waals surface area contributed by atoms with Crippen molar-refractivity contribution < 1.29 is 36.0 Å². The molecule has 0 saturated carbocycles. The first-order valence-corrected chi connectivity index (χ1v) is 7.57. The molecule has 2 aromatic carbocycles. The third-order valence-corrected chi connectivity index (χ3v) is 3.43. The summed E-state index contributed by atoms with van der Waals surface area (Å²) in [5.74, 6) is -0.178. The van der Waals surface area contributed by atoms with Gasteiger partial charge < -0.3 is 4.55 Å². The van der Waals surface area contributed by atoms with Crippen LogP contribution < -0.4 is 18.9 Å². The minimum absolute atomic E-state index is 0. The van der Waals surface area contributed by atoms with E-state index in [1.54, 1.807) is 0 Å². The van der Waals surface area contributed by atoms with Crippen LogP contribution in [0, 0.1) is 0 Å². The summed E-state index contributed by atoms with van der Waals surface area (Å²) in [7, 11) is -4.67. The number of hydrogen-bond donors (Lipinski definition) is 0. The van der Waals surface area contributed by atoms with E-state index >= 15 is 0 Å². The van der Waals surface area contributed by atoms with Crippen molar-refractivity contribution in [3.8, 4) is 0 Å². The number of rotatable bonds is 6. The maximum Gasteiger partial charge on any atom is 1.00 e. The number of hydrogen-bond acceptors (Lipinski definition) is 4. The van der Waals surface area contributed by atoms with Gasteiger partial charge in [0.25, 0.3) is 0 Å². The van der Waals surface area contributed by atoms with Crippen molar-refractivity contribution in [1.82, 2.24) is 0 Å².